The summed E-state index contributed by atoms with van der Waals surface area (Å²) in [7, 11) is 1.61. The SMILES string of the molecule is COc1cccc(CNC(=O)C(C)N2CCN(C(=O)c3ccc(F)cc3)CC2)c1. The number of hydrogen-bond donors (Lipinski definition) is 1. The summed E-state index contributed by atoms with van der Waals surface area (Å²) in [5.74, 6) is 0.234. The quantitative estimate of drug-likeness (QED) is 0.810. The minimum absolute atomic E-state index is 0.0499. The zero-order chi connectivity index (χ0) is 20.8. The van der Waals surface area contributed by atoms with E-state index in [1.165, 1.54) is 24.3 Å². The second-order valence-corrected chi connectivity index (χ2v) is 7.08. The van der Waals surface area contributed by atoms with Crippen LogP contribution in [-0.2, 0) is 11.3 Å². The van der Waals surface area contributed by atoms with E-state index >= 15 is 0 Å². The number of rotatable bonds is 6. The van der Waals surface area contributed by atoms with Gasteiger partial charge in [0.05, 0.1) is 13.2 Å². The van der Waals surface area contributed by atoms with Crippen molar-refractivity contribution in [1.29, 1.82) is 0 Å². The molecule has 2 aromatic carbocycles. The molecule has 6 nitrogen and oxygen atoms in total. The van der Waals surface area contributed by atoms with Crippen LogP contribution >= 0.6 is 0 Å². The van der Waals surface area contributed by atoms with Gasteiger partial charge < -0.3 is 15.0 Å². The predicted molar refractivity (Wildman–Crippen MR) is 108 cm³/mol. The molecule has 1 unspecified atom stereocenters. The molecule has 29 heavy (non-hydrogen) atoms. The van der Waals surface area contributed by atoms with Crippen LogP contribution in [0.15, 0.2) is 48.5 Å². The van der Waals surface area contributed by atoms with Crippen molar-refractivity contribution in [3.8, 4) is 5.75 Å². The summed E-state index contributed by atoms with van der Waals surface area (Å²) >= 11 is 0. The van der Waals surface area contributed by atoms with Gasteiger partial charge in [-0.2, -0.15) is 0 Å². The first-order chi connectivity index (χ1) is 14.0. The number of carbonyl (C=O) groups excluding carboxylic acids is 2. The predicted octanol–water partition coefficient (Wildman–Crippen LogP) is 2.30. The third kappa shape index (κ3) is 5.32. The normalized spacial score (nSPS) is 15.6. The molecule has 2 aromatic rings. The molecule has 0 spiro atoms. The van der Waals surface area contributed by atoms with Crippen molar-refractivity contribution in [3.63, 3.8) is 0 Å². The number of benzene rings is 2. The topological polar surface area (TPSA) is 61.9 Å². The second-order valence-electron chi connectivity index (χ2n) is 7.08. The Bertz CT molecular complexity index is 849. The van der Waals surface area contributed by atoms with Crippen molar-refractivity contribution < 1.29 is 18.7 Å². The monoisotopic (exact) mass is 399 g/mol. The van der Waals surface area contributed by atoms with E-state index in [4.69, 9.17) is 4.74 Å². The molecule has 1 aliphatic rings. The molecule has 3 rings (SSSR count). The maximum absolute atomic E-state index is 13.0. The Kier molecular flexibility index (Phi) is 6.82. The van der Waals surface area contributed by atoms with Gasteiger partial charge in [0.25, 0.3) is 5.91 Å². The number of ether oxygens (including phenoxy) is 1. The van der Waals surface area contributed by atoms with Crippen molar-refractivity contribution in [2.75, 3.05) is 33.3 Å². The Morgan fingerprint density at radius 3 is 2.45 bits per heavy atom. The van der Waals surface area contributed by atoms with E-state index in [0.29, 0.717) is 38.3 Å². The molecule has 7 heteroatoms. The van der Waals surface area contributed by atoms with E-state index in [1.54, 1.807) is 12.0 Å². The molecule has 1 aliphatic heterocycles. The molecule has 1 heterocycles. The molecule has 0 aromatic heterocycles. The van der Waals surface area contributed by atoms with Crippen LogP contribution in [-0.4, -0.2) is 60.9 Å². The zero-order valence-electron chi connectivity index (χ0n) is 16.7. The average Bonchev–Trinajstić information content (AvgIpc) is 2.77. The number of piperazine rings is 1. The Morgan fingerprint density at radius 2 is 1.79 bits per heavy atom. The molecular formula is C22H26FN3O3. The number of nitrogens with one attached hydrogen (secondary N) is 1. The van der Waals surface area contributed by atoms with Gasteiger partial charge in [0.1, 0.15) is 11.6 Å². The van der Waals surface area contributed by atoms with E-state index in [0.717, 1.165) is 11.3 Å². The Hall–Kier alpha value is -2.93. The fraction of sp³-hybridized carbons (Fsp3) is 0.364. The van der Waals surface area contributed by atoms with Crippen molar-refractivity contribution in [2.24, 2.45) is 0 Å². The van der Waals surface area contributed by atoms with Crippen molar-refractivity contribution in [2.45, 2.75) is 19.5 Å². The van der Waals surface area contributed by atoms with Gasteiger partial charge in [-0.25, -0.2) is 4.39 Å². The van der Waals surface area contributed by atoms with Crippen LogP contribution in [0.3, 0.4) is 0 Å². The summed E-state index contributed by atoms with van der Waals surface area (Å²) in [6.45, 7) is 4.59. The van der Waals surface area contributed by atoms with Crippen LogP contribution in [0.25, 0.3) is 0 Å². The molecule has 1 fully saturated rings. The lowest BCUT2D eigenvalue weighted by atomic mass is 10.1. The Balaban J connectivity index is 1.48. The second kappa shape index (κ2) is 9.52. The van der Waals surface area contributed by atoms with Crippen molar-refractivity contribution in [3.05, 3.63) is 65.5 Å². The van der Waals surface area contributed by atoms with E-state index in [1.807, 2.05) is 31.2 Å². The van der Waals surface area contributed by atoms with Gasteiger partial charge in [-0.3, -0.25) is 14.5 Å². The third-order valence-electron chi connectivity index (χ3n) is 5.22. The number of methoxy groups -OCH3 is 1. The van der Waals surface area contributed by atoms with Gasteiger partial charge in [-0.1, -0.05) is 12.1 Å². The van der Waals surface area contributed by atoms with Gasteiger partial charge >= 0.3 is 0 Å². The molecule has 154 valence electrons. The number of halogens is 1. The number of carbonyl (C=O) groups is 2. The highest BCUT2D eigenvalue weighted by atomic mass is 19.1. The zero-order valence-corrected chi connectivity index (χ0v) is 16.7. The van der Waals surface area contributed by atoms with Gasteiger partial charge in [0.2, 0.25) is 5.91 Å². The molecule has 1 saturated heterocycles. The van der Waals surface area contributed by atoms with Crippen LogP contribution in [0.1, 0.15) is 22.8 Å². The highest BCUT2D eigenvalue weighted by molar-refractivity contribution is 5.94. The first kappa shape index (κ1) is 20.8. The molecule has 1 N–H and O–H groups in total. The van der Waals surface area contributed by atoms with Gasteiger partial charge in [0, 0.05) is 38.3 Å². The van der Waals surface area contributed by atoms with Gasteiger partial charge in [0.15, 0.2) is 0 Å². The van der Waals surface area contributed by atoms with Crippen LogP contribution in [0, 0.1) is 5.82 Å². The van der Waals surface area contributed by atoms with E-state index in [9.17, 15) is 14.0 Å². The maximum Gasteiger partial charge on any atom is 0.253 e. The summed E-state index contributed by atoms with van der Waals surface area (Å²) < 4.78 is 18.2. The lowest BCUT2D eigenvalue weighted by molar-refractivity contribution is -0.126. The van der Waals surface area contributed by atoms with Crippen LogP contribution < -0.4 is 10.1 Å². The largest absolute Gasteiger partial charge is 0.497 e. The first-order valence-electron chi connectivity index (χ1n) is 9.67. The fourth-order valence-electron chi connectivity index (χ4n) is 3.37. The minimum Gasteiger partial charge on any atom is -0.497 e. The molecule has 0 saturated carbocycles. The summed E-state index contributed by atoms with van der Waals surface area (Å²) in [5.41, 5.74) is 1.45. The Labute approximate surface area is 170 Å². The average molecular weight is 399 g/mol. The van der Waals surface area contributed by atoms with Crippen molar-refractivity contribution in [1.82, 2.24) is 15.1 Å². The smallest absolute Gasteiger partial charge is 0.253 e. The Morgan fingerprint density at radius 1 is 1.10 bits per heavy atom. The van der Waals surface area contributed by atoms with E-state index in [2.05, 4.69) is 10.2 Å². The summed E-state index contributed by atoms with van der Waals surface area (Å²) in [6.07, 6.45) is 0. The van der Waals surface area contributed by atoms with Crippen LogP contribution in [0.4, 0.5) is 4.39 Å². The van der Waals surface area contributed by atoms with Gasteiger partial charge in [-0.15, -0.1) is 0 Å². The summed E-state index contributed by atoms with van der Waals surface area (Å²) in [4.78, 5) is 28.9. The summed E-state index contributed by atoms with van der Waals surface area (Å²) in [6, 6.07) is 12.9. The highest BCUT2D eigenvalue weighted by Crippen LogP contribution is 2.14. The highest BCUT2D eigenvalue weighted by Gasteiger charge is 2.27. The standard InChI is InChI=1S/C22H26FN3O3/c1-16(21(27)24-15-17-4-3-5-20(14-17)29-2)25-10-12-26(13-11-25)22(28)18-6-8-19(23)9-7-18/h3-9,14,16H,10-13,15H2,1-2H3,(H,24,27). The lowest BCUT2D eigenvalue weighted by Gasteiger charge is -2.37. The minimum atomic E-state index is -0.361. The molecule has 0 radical (unpaired) electrons. The van der Waals surface area contributed by atoms with Gasteiger partial charge in [-0.05, 0) is 48.9 Å². The lowest BCUT2D eigenvalue weighted by Crippen LogP contribution is -2.54. The molecule has 1 atom stereocenters. The number of hydrogen-bond acceptors (Lipinski definition) is 4. The number of nitrogens with zero attached hydrogens (tertiary/aromatic N) is 2. The maximum atomic E-state index is 13.0. The molecule has 2 amide bonds. The van der Waals surface area contributed by atoms with Crippen LogP contribution in [0.5, 0.6) is 5.75 Å². The summed E-state index contributed by atoms with van der Waals surface area (Å²) in [5, 5.41) is 2.96. The third-order valence-corrected chi connectivity index (χ3v) is 5.22. The molecule has 0 aliphatic carbocycles. The van der Waals surface area contributed by atoms with Crippen molar-refractivity contribution >= 4 is 11.8 Å². The molecule has 0 bridgehead atoms. The first-order valence-corrected chi connectivity index (χ1v) is 9.67. The molecular weight excluding hydrogens is 373 g/mol. The number of amides is 2. The van der Waals surface area contributed by atoms with E-state index < -0.39 is 0 Å². The van der Waals surface area contributed by atoms with E-state index in [-0.39, 0.29) is 23.7 Å². The fourth-order valence-corrected chi connectivity index (χ4v) is 3.37. The van der Waals surface area contributed by atoms with Crippen LogP contribution in [0.2, 0.25) is 0 Å².